The predicted molar refractivity (Wildman–Crippen MR) is 67.0 cm³/mol. The number of anilines is 1. The van der Waals surface area contributed by atoms with Gasteiger partial charge in [-0.05, 0) is 0 Å². The Morgan fingerprint density at radius 1 is 1.06 bits per heavy atom. The maximum atomic E-state index is 6.20. The van der Waals surface area contributed by atoms with E-state index in [1.807, 2.05) is 30.3 Å². The summed E-state index contributed by atoms with van der Waals surface area (Å²) < 4.78 is 0. The molecule has 1 aromatic carbocycles. The molecule has 0 unspecified atom stereocenters. The van der Waals surface area contributed by atoms with Crippen LogP contribution in [0.4, 0.5) is 5.69 Å². The molecule has 0 aliphatic heterocycles. The highest BCUT2D eigenvalue weighted by Crippen LogP contribution is 2.34. The molecule has 0 aliphatic rings. The molecule has 0 atom stereocenters. The summed E-state index contributed by atoms with van der Waals surface area (Å²) in [4.78, 5) is 0. The lowest BCUT2D eigenvalue weighted by molar-refractivity contribution is 1.04. The third-order valence-electron chi connectivity index (χ3n) is 2.17. The summed E-state index contributed by atoms with van der Waals surface area (Å²) in [5.74, 6) is 0. The number of hydrogen-bond donors (Lipinski definition) is 1. The highest BCUT2D eigenvalue weighted by molar-refractivity contribution is 6.39. The van der Waals surface area contributed by atoms with Crippen LogP contribution in [0.2, 0.25) is 10.2 Å². The number of benzene rings is 1. The molecule has 3 nitrogen and oxygen atoms in total. The topological polar surface area (TPSA) is 37.8 Å². The van der Waals surface area contributed by atoms with Gasteiger partial charge >= 0.3 is 0 Å². The van der Waals surface area contributed by atoms with Gasteiger partial charge in [0.15, 0.2) is 5.15 Å². The summed E-state index contributed by atoms with van der Waals surface area (Å²) in [5, 5.41) is 11.5. The summed E-state index contributed by atoms with van der Waals surface area (Å²) in [6, 6.07) is 9.61. The van der Waals surface area contributed by atoms with Gasteiger partial charge in [-0.2, -0.15) is 0 Å². The molecule has 0 saturated heterocycles. The standard InChI is InChI=1S/C11H9Cl2N3/c1-14-10-8(12)9(15-16-11(10)13)7-5-3-2-4-6-7/h2-6H,1H3,(H,14,15). The van der Waals surface area contributed by atoms with E-state index < -0.39 is 0 Å². The lowest BCUT2D eigenvalue weighted by atomic mass is 10.1. The second-order valence-electron chi connectivity index (χ2n) is 3.14. The first-order chi connectivity index (χ1) is 7.74. The Labute approximate surface area is 103 Å². The van der Waals surface area contributed by atoms with Crippen molar-refractivity contribution >= 4 is 28.9 Å². The van der Waals surface area contributed by atoms with Crippen molar-refractivity contribution in [3.05, 3.63) is 40.5 Å². The van der Waals surface area contributed by atoms with Gasteiger partial charge < -0.3 is 5.32 Å². The van der Waals surface area contributed by atoms with E-state index in [0.717, 1.165) is 5.56 Å². The van der Waals surface area contributed by atoms with Crippen molar-refractivity contribution in [2.75, 3.05) is 12.4 Å². The van der Waals surface area contributed by atoms with Gasteiger partial charge in [-0.15, -0.1) is 10.2 Å². The quantitative estimate of drug-likeness (QED) is 0.891. The Bertz CT molecular complexity index is 500. The molecule has 0 radical (unpaired) electrons. The number of nitrogens with zero attached hydrogens (tertiary/aromatic N) is 2. The summed E-state index contributed by atoms with van der Waals surface area (Å²) in [7, 11) is 1.74. The Balaban J connectivity index is 2.59. The van der Waals surface area contributed by atoms with E-state index >= 15 is 0 Å². The SMILES string of the molecule is CNc1c(Cl)nnc(-c2ccccc2)c1Cl. The Morgan fingerprint density at radius 3 is 2.38 bits per heavy atom. The normalized spacial score (nSPS) is 10.2. The second kappa shape index (κ2) is 4.68. The van der Waals surface area contributed by atoms with Crippen molar-refractivity contribution < 1.29 is 0 Å². The van der Waals surface area contributed by atoms with E-state index in [4.69, 9.17) is 23.2 Å². The van der Waals surface area contributed by atoms with E-state index in [1.165, 1.54) is 0 Å². The van der Waals surface area contributed by atoms with Crippen molar-refractivity contribution in [1.29, 1.82) is 0 Å². The van der Waals surface area contributed by atoms with Gasteiger partial charge in [-0.1, -0.05) is 53.5 Å². The van der Waals surface area contributed by atoms with Gasteiger partial charge in [0.1, 0.15) is 5.69 Å². The number of halogens is 2. The van der Waals surface area contributed by atoms with Gasteiger partial charge in [0.05, 0.1) is 10.7 Å². The zero-order valence-corrected chi connectivity index (χ0v) is 10.0. The molecule has 16 heavy (non-hydrogen) atoms. The molecule has 0 bridgehead atoms. The summed E-state index contributed by atoms with van der Waals surface area (Å²) in [6.07, 6.45) is 0. The Morgan fingerprint density at radius 2 is 1.75 bits per heavy atom. The van der Waals surface area contributed by atoms with Crippen LogP contribution in [0.1, 0.15) is 0 Å². The molecule has 2 rings (SSSR count). The number of hydrogen-bond acceptors (Lipinski definition) is 3. The molecule has 0 spiro atoms. The average Bonchev–Trinajstić information content (AvgIpc) is 2.31. The van der Waals surface area contributed by atoms with E-state index in [2.05, 4.69) is 15.5 Å². The zero-order chi connectivity index (χ0) is 11.5. The molecule has 1 aromatic heterocycles. The van der Waals surface area contributed by atoms with Crippen LogP contribution in [0.3, 0.4) is 0 Å². The molecular weight excluding hydrogens is 245 g/mol. The summed E-state index contributed by atoms with van der Waals surface area (Å²) >= 11 is 12.1. The minimum Gasteiger partial charge on any atom is -0.384 e. The van der Waals surface area contributed by atoms with E-state index in [-0.39, 0.29) is 5.15 Å². The third kappa shape index (κ3) is 1.96. The largest absolute Gasteiger partial charge is 0.384 e. The molecule has 0 fully saturated rings. The third-order valence-corrected chi connectivity index (χ3v) is 2.80. The zero-order valence-electron chi connectivity index (χ0n) is 8.54. The van der Waals surface area contributed by atoms with Crippen molar-refractivity contribution in [2.45, 2.75) is 0 Å². The van der Waals surface area contributed by atoms with Gasteiger partial charge in [-0.25, -0.2) is 0 Å². The average molecular weight is 254 g/mol. The maximum Gasteiger partial charge on any atom is 0.176 e. The fourth-order valence-electron chi connectivity index (χ4n) is 1.39. The number of rotatable bonds is 2. The molecule has 0 aliphatic carbocycles. The minimum atomic E-state index is 0.271. The van der Waals surface area contributed by atoms with Gasteiger partial charge in [0, 0.05) is 12.6 Å². The molecular formula is C11H9Cl2N3. The van der Waals surface area contributed by atoms with Crippen LogP contribution in [0.15, 0.2) is 30.3 Å². The van der Waals surface area contributed by atoms with Gasteiger partial charge in [0.2, 0.25) is 0 Å². The van der Waals surface area contributed by atoms with Crippen molar-refractivity contribution in [3.63, 3.8) is 0 Å². The lowest BCUT2D eigenvalue weighted by Crippen LogP contribution is -1.97. The van der Waals surface area contributed by atoms with E-state index in [0.29, 0.717) is 16.4 Å². The molecule has 82 valence electrons. The van der Waals surface area contributed by atoms with Crippen LogP contribution in [0.25, 0.3) is 11.3 Å². The first-order valence-corrected chi connectivity index (χ1v) is 5.44. The number of aromatic nitrogens is 2. The van der Waals surface area contributed by atoms with Crippen LogP contribution in [-0.2, 0) is 0 Å². The summed E-state index contributed by atoms with van der Waals surface area (Å²) in [6.45, 7) is 0. The van der Waals surface area contributed by atoms with Crippen LogP contribution < -0.4 is 5.32 Å². The Kier molecular flexibility index (Phi) is 3.27. The van der Waals surface area contributed by atoms with Gasteiger partial charge in [0.25, 0.3) is 0 Å². The molecule has 1 N–H and O–H groups in total. The highest BCUT2D eigenvalue weighted by Gasteiger charge is 2.13. The van der Waals surface area contributed by atoms with Crippen LogP contribution in [0, 0.1) is 0 Å². The monoisotopic (exact) mass is 253 g/mol. The molecule has 1 heterocycles. The maximum absolute atomic E-state index is 6.20. The Hall–Kier alpha value is -1.32. The molecule has 0 saturated carbocycles. The van der Waals surface area contributed by atoms with Crippen molar-refractivity contribution in [3.8, 4) is 11.3 Å². The van der Waals surface area contributed by atoms with Crippen molar-refractivity contribution in [2.24, 2.45) is 0 Å². The first-order valence-electron chi connectivity index (χ1n) is 4.69. The van der Waals surface area contributed by atoms with Crippen LogP contribution in [0.5, 0.6) is 0 Å². The lowest BCUT2D eigenvalue weighted by Gasteiger charge is -2.08. The first kappa shape index (κ1) is 11.2. The smallest absolute Gasteiger partial charge is 0.176 e. The van der Waals surface area contributed by atoms with E-state index in [1.54, 1.807) is 7.05 Å². The van der Waals surface area contributed by atoms with Crippen LogP contribution >= 0.6 is 23.2 Å². The molecule has 2 aromatic rings. The molecule has 5 heteroatoms. The second-order valence-corrected chi connectivity index (χ2v) is 3.88. The minimum absolute atomic E-state index is 0.271. The fraction of sp³-hybridized carbons (Fsp3) is 0.0909. The fourth-order valence-corrected chi connectivity index (χ4v) is 2.00. The molecule has 0 amide bonds. The number of nitrogens with one attached hydrogen (secondary N) is 1. The highest BCUT2D eigenvalue weighted by atomic mass is 35.5. The van der Waals surface area contributed by atoms with Crippen LogP contribution in [-0.4, -0.2) is 17.2 Å². The van der Waals surface area contributed by atoms with E-state index in [9.17, 15) is 0 Å². The summed E-state index contributed by atoms with van der Waals surface area (Å²) in [5.41, 5.74) is 2.13. The van der Waals surface area contributed by atoms with Crippen molar-refractivity contribution in [1.82, 2.24) is 10.2 Å². The predicted octanol–water partition coefficient (Wildman–Crippen LogP) is 3.49. The van der Waals surface area contributed by atoms with Gasteiger partial charge in [-0.3, -0.25) is 0 Å².